The van der Waals surface area contributed by atoms with Crippen molar-refractivity contribution in [2.24, 2.45) is 5.10 Å². The molecule has 1 rings (SSSR count). The predicted molar refractivity (Wildman–Crippen MR) is 81.0 cm³/mol. The summed E-state index contributed by atoms with van der Waals surface area (Å²) in [4.78, 5) is 1.89. The molecule has 0 fully saturated rings. The van der Waals surface area contributed by atoms with E-state index in [1.165, 1.54) is 0 Å². The first-order valence-electron chi connectivity index (χ1n) is 5.65. The molecule has 0 saturated heterocycles. The lowest BCUT2D eigenvalue weighted by atomic mass is 10.2. The van der Waals surface area contributed by atoms with E-state index in [0.29, 0.717) is 0 Å². The van der Waals surface area contributed by atoms with Crippen LogP contribution in [0.25, 0.3) is 0 Å². The zero-order chi connectivity index (χ0) is 14.1. The number of nitrogens with zero attached hydrogens (tertiary/aromatic N) is 3. The molecule has 1 aliphatic heterocycles. The maximum Gasteiger partial charge on any atom is 0.227 e. The molecule has 0 amide bonds. The summed E-state index contributed by atoms with van der Waals surface area (Å²) in [6.45, 7) is 6.73. The molecule has 1 aliphatic rings. The number of hydrogen-bond donors (Lipinski definition) is 0. The van der Waals surface area contributed by atoms with E-state index in [1.807, 2.05) is 25.7 Å². The number of hydrazone groups is 1. The minimum absolute atomic E-state index is 0.0948. The van der Waals surface area contributed by atoms with Crippen LogP contribution in [0.2, 0.25) is 0 Å². The van der Waals surface area contributed by atoms with Crippen LogP contribution in [-0.2, 0) is 0 Å². The Morgan fingerprint density at radius 1 is 1.22 bits per heavy atom. The molecule has 0 radical (unpaired) electrons. The van der Waals surface area contributed by atoms with E-state index in [-0.39, 0.29) is 6.04 Å². The van der Waals surface area contributed by atoms with Crippen molar-refractivity contribution in [3.63, 3.8) is 0 Å². The lowest BCUT2D eigenvalue weighted by molar-refractivity contribution is 0.0864. The van der Waals surface area contributed by atoms with E-state index in [9.17, 15) is 0 Å². The van der Waals surface area contributed by atoms with E-state index in [1.54, 1.807) is 11.3 Å². The Kier molecular flexibility index (Phi) is 5.60. The third kappa shape index (κ3) is 3.24. The van der Waals surface area contributed by atoms with Crippen molar-refractivity contribution in [3.8, 4) is 0 Å². The van der Waals surface area contributed by atoms with Crippen LogP contribution in [0.15, 0.2) is 5.10 Å². The van der Waals surface area contributed by atoms with Crippen LogP contribution >= 0.6 is 58.0 Å². The van der Waals surface area contributed by atoms with Crippen LogP contribution in [0.1, 0.15) is 27.2 Å². The Morgan fingerprint density at radius 2 is 1.78 bits per heavy atom. The van der Waals surface area contributed by atoms with Gasteiger partial charge in [0.05, 0.1) is 0 Å². The monoisotopic (exact) mass is 353 g/mol. The highest BCUT2D eigenvalue weighted by Crippen LogP contribution is 2.51. The van der Waals surface area contributed by atoms with Crippen LogP contribution in [-0.4, -0.2) is 43.1 Å². The van der Waals surface area contributed by atoms with Gasteiger partial charge in [0.1, 0.15) is 6.34 Å². The van der Waals surface area contributed by atoms with Gasteiger partial charge < -0.3 is 4.90 Å². The molecule has 1 atom stereocenters. The fraction of sp³-hybridized carbons (Fsp3) is 0.900. The Balaban J connectivity index is 3.06. The normalized spacial score (nSPS) is 21.3. The molecule has 106 valence electrons. The quantitative estimate of drug-likeness (QED) is 0.703. The molecule has 1 heterocycles. The van der Waals surface area contributed by atoms with Crippen LogP contribution in [0.3, 0.4) is 0 Å². The third-order valence-corrected chi connectivity index (χ3v) is 5.04. The highest BCUT2D eigenvalue weighted by molar-refractivity contribution is 6.75. The van der Waals surface area contributed by atoms with E-state index in [2.05, 4.69) is 5.10 Å². The van der Waals surface area contributed by atoms with Crippen molar-refractivity contribution in [3.05, 3.63) is 0 Å². The van der Waals surface area contributed by atoms with Crippen LogP contribution in [0.4, 0.5) is 0 Å². The summed E-state index contributed by atoms with van der Waals surface area (Å²) in [7, 11) is 0. The molecular weight excluding hydrogens is 339 g/mol. The predicted octanol–water partition coefficient (Wildman–Crippen LogP) is 4.24. The first-order chi connectivity index (χ1) is 8.13. The van der Waals surface area contributed by atoms with Gasteiger partial charge >= 0.3 is 0 Å². The second kappa shape index (κ2) is 6.01. The molecule has 0 aliphatic carbocycles. The summed E-state index contributed by atoms with van der Waals surface area (Å²) in [6, 6.07) is 0.0948. The second-order valence-corrected chi connectivity index (χ2v) is 8.10. The summed E-state index contributed by atoms with van der Waals surface area (Å²) < 4.78 is -3.40. The molecule has 1 unspecified atom stereocenters. The average Bonchev–Trinajstić information content (AvgIpc) is 2.60. The standard InChI is InChI=1S/C10H16Cl5N3/c1-4-5-17-6-16-18(7(2)3)8(17)9(11,12)10(13,14)15/h6-8H,4-5H2,1-3H3. The molecule has 0 aromatic rings. The van der Waals surface area contributed by atoms with Gasteiger partial charge in [-0.15, -0.1) is 0 Å². The SMILES string of the molecule is CCCN1C=NN(C(C)C)C1C(Cl)(Cl)C(Cl)(Cl)Cl. The van der Waals surface area contributed by atoms with Crippen LogP contribution < -0.4 is 0 Å². The van der Waals surface area contributed by atoms with E-state index in [4.69, 9.17) is 58.0 Å². The molecule has 0 N–H and O–H groups in total. The Labute approximate surface area is 133 Å². The molecular formula is C10H16Cl5N3. The second-order valence-electron chi connectivity index (χ2n) is 4.44. The molecule has 0 spiro atoms. The Bertz CT molecular complexity index is 313. The summed E-state index contributed by atoms with van der Waals surface area (Å²) in [5, 5.41) is 6.03. The van der Waals surface area contributed by atoms with Gasteiger partial charge in [-0.3, -0.25) is 5.01 Å². The number of alkyl halides is 5. The van der Waals surface area contributed by atoms with Gasteiger partial charge in [-0.1, -0.05) is 64.9 Å². The third-order valence-electron chi connectivity index (χ3n) is 2.61. The summed E-state index contributed by atoms with van der Waals surface area (Å²) in [5.41, 5.74) is 0. The molecule has 18 heavy (non-hydrogen) atoms. The van der Waals surface area contributed by atoms with Crippen molar-refractivity contribution in [2.75, 3.05) is 6.54 Å². The highest BCUT2D eigenvalue weighted by Gasteiger charge is 2.57. The Hall–Kier alpha value is 0.720. The molecule has 8 heteroatoms. The van der Waals surface area contributed by atoms with Gasteiger partial charge in [0, 0.05) is 12.6 Å². The molecule has 0 aromatic heterocycles. The van der Waals surface area contributed by atoms with Crippen LogP contribution in [0, 0.1) is 0 Å². The van der Waals surface area contributed by atoms with Gasteiger partial charge in [-0.2, -0.15) is 5.10 Å². The van der Waals surface area contributed by atoms with Crippen LogP contribution in [0.5, 0.6) is 0 Å². The zero-order valence-electron chi connectivity index (χ0n) is 10.4. The van der Waals surface area contributed by atoms with Crippen molar-refractivity contribution in [2.45, 2.75) is 47.5 Å². The molecule has 0 saturated carbocycles. The van der Waals surface area contributed by atoms with E-state index in [0.717, 1.165) is 13.0 Å². The number of rotatable bonds is 4. The van der Waals surface area contributed by atoms with Crippen molar-refractivity contribution in [1.29, 1.82) is 0 Å². The molecule has 3 nitrogen and oxygen atoms in total. The smallest absolute Gasteiger partial charge is 0.227 e. The molecule has 0 bridgehead atoms. The fourth-order valence-electron chi connectivity index (χ4n) is 1.78. The van der Waals surface area contributed by atoms with E-state index < -0.39 is 14.3 Å². The fourth-order valence-corrected chi connectivity index (χ4v) is 2.52. The number of halogens is 5. The minimum atomic E-state index is -1.81. The average molecular weight is 356 g/mol. The lowest BCUT2D eigenvalue weighted by Gasteiger charge is -2.42. The topological polar surface area (TPSA) is 18.8 Å². The highest BCUT2D eigenvalue weighted by atomic mass is 35.6. The summed E-state index contributed by atoms with van der Waals surface area (Å²) >= 11 is 30.3. The van der Waals surface area contributed by atoms with E-state index >= 15 is 0 Å². The lowest BCUT2D eigenvalue weighted by Crippen LogP contribution is -2.58. The molecule has 0 aromatic carbocycles. The van der Waals surface area contributed by atoms with Gasteiger partial charge in [0.25, 0.3) is 0 Å². The largest absolute Gasteiger partial charge is 0.337 e. The maximum absolute atomic E-state index is 6.29. The van der Waals surface area contributed by atoms with Gasteiger partial charge in [-0.05, 0) is 20.3 Å². The summed E-state index contributed by atoms with van der Waals surface area (Å²) in [6.07, 6.45) is 2.09. The zero-order valence-corrected chi connectivity index (χ0v) is 14.2. The van der Waals surface area contributed by atoms with Crippen molar-refractivity contribution < 1.29 is 0 Å². The minimum Gasteiger partial charge on any atom is -0.337 e. The van der Waals surface area contributed by atoms with Gasteiger partial charge in [0.15, 0.2) is 6.17 Å². The first kappa shape index (κ1) is 16.8. The van der Waals surface area contributed by atoms with Crippen molar-refractivity contribution in [1.82, 2.24) is 9.91 Å². The van der Waals surface area contributed by atoms with Crippen molar-refractivity contribution >= 4 is 64.3 Å². The number of hydrogen-bond acceptors (Lipinski definition) is 3. The Morgan fingerprint density at radius 3 is 2.17 bits per heavy atom. The van der Waals surface area contributed by atoms with Gasteiger partial charge in [0.2, 0.25) is 8.13 Å². The summed E-state index contributed by atoms with van der Waals surface area (Å²) in [5.74, 6) is 0. The van der Waals surface area contributed by atoms with Gasteiger partial charge in [-0.25, -0.2) is 0 Å². The first-order valence-corrected chi connectivity index (χ1v) is 7.54. The maximum atomic E-state index is 6.29.